The van der Waals surface area contributed by atoms with Crippen LogP contribution in [0.4, 0.5) is 0 Å². The van der Waals surface area contributed by atoms with Gasteiger partial charge in [0.15, 0.2) is 5.84 Å². The predicted octanol–water partition coefficient (Wildman–Crippen LogP) is 4.33. The van der Waals surface area contributed by atoms with Crippen LogP contribution >= 0.6 is 23.2 Å². The van der Waals surface area contributed by atoms with Crippen LogP contribution in [0.3, 0.4) is 0 Å². The second-order valence-corrected chi connectivity index (χ2v) is 6.34. The highest BCUT2D eigenvalue weighted by Gasteiger charge is 2.40. The fourth-order valence-electron chi connectivity index (χ4n) is 3.06. The Morgan fingerprint density at radius 2 is 1.65 bits per heavy atom. The maximum absolute atomic E-state index is 6.40. The van der Waals surface area contributed by atoms with E-state index >= 15 is 0 Å². The number of halogens is 2. The summed E-state index contributed by atoms with van der Waals surface area (Å²) in [5, 5.41) is 9.15. The molecule has 0 spiro atoms. The summed E-state index contributed by atoms with van der Waals surface area (Å²) in [5.41, 5.74) is 1.90. The SMILES string of the molecule is Clc1ccccc1[C@@H]1NCCC2=NO[C@@H](c3ccccc3Cl)N21. The van der Waals surface area contributed by atoms with Gasteiger partial charge in [-0.2, -0.15) is 0 Å². The number of oxime groups is 1. The molecule has 2 heterocycles. The fourth-order valence-corrected chi connectivity index (χ4v) is 3.53. The van der Waals surface area contributed by atoms with Gasteiger partial charge >= 0.3 is 0 Å². The quantitative estimate of drug-likeness (QED) is 0.878. The lowest BCUT2D eigenvalue weighted by Gasteiger charge is -2.38. The monoisotopic (exact) mass is 347 g/mol. The van der Waals surface area contributed by atoms with Gasteiger partial charge in [-0.1, -0.05) is 64.8 Å². The summed E-state index contributed by atoms with van der Waals surface area (Å²) in [4.78, 5) is 7.82. The number of hydrogen-bond acceptors (Lipinski definition) is 4. The summed E-state index contributed by atoms with van der Waals surface area (Å²) in [6, 6.07) is 15.5. The molecule has 2 aromatic carbocycles. The van der Waals surface area contributed by atoms with Gasteiger partial charge in [0.05, 0.1) is 0 Å². The highest BCUT2D eigenvalue weighted by atomic mass is 35.5. The number of hydrogen-bond donors (Lipinski definition) is 1. The first-order valence-corrected chi connectivity index (χ1v) is 8.24. The van der Waals surface area contributed by atoms with Crippen LogP contribution < -0.4 is 5.32 Å². The number of nitrogens with zero attached hydrogens (tertiary/aromatic N) is 2. The minimum Gasteiger partial charge on any atom is -0.364 e. The highest BCUT2D eigenvalue weighted by molar-refractivity contribution is 6.31. The summed E-state index contributed by atoms with van der Waals surface area (Å²) in [5.74, 6) is 0.915. The molecule has 0 saturated carbocycles. The molecule has 4 nitrogen and oxygen atoms in total. The molecular formula is C17H15Cl2N3O. The highest BCUT2D eigenvalue weighted by Crippen LogP contribution is 2.40. The summed E-state index contributed by atoms with van der Waals surface area (Å²) in [7, 11) is 0. The third kappa shape index (κ3) is 2.57. The Balaban J connectivity index is 1.75. The van der Waals surface area contributed by atoms with Crippen molar-refractivity contribution in [2.24, 2.45) is 5.16 Å². The normalized spacial score (nSPS) is 23.2. The Labute approximate surface area is 144 Å². The lowest BCUT2D eigenvalue weighted by atomic mass is 10.1. The van der Waals surface area contributed by atoms with Crippen molar-refractivity contribution in [1.29, 1.82) is 0 Å². The van der Waals surface area contributed by atoms with E-state index in [1.807, 2.05) is 48.5 Å². The average Bonchev–Trinajstić information content (AvgIpc) is 3.00. The molecule has 0 amide bonds. The molecule has 0 radical (unpaired) electrons. The summed E-state index contributed by atoms with van der Waals surface area (Å²) in [6.07, 6.45) is 0.356. The van der Waals surface area contributed by atoms with Gasteiger partial charge in [0.2, 0.25) is 6.23 Å². The minimum absolute atomic E-state index is 0.0972. The minimum atomic E-state index is -0.354. The maximum atomic E-state index is 6.40. The zero-order valence-electron chi connectivity index (χ0n) is 12.2. The predicted molar refractivity (Wildman–Crippen MR) is 91.4 cm³/mol. The molecule has 0 aliphatic carbocycles. The zero-order chi connectivity index (χ0) is 15.8. The molecule has 118 valence electrons. The van der Waals surface area contributed by atoms with Gasteiger partial charge in [0.25, 0.3) is 0 Å². The molecule has 1 fully saturated rings. The van der Waals surface area contributed by atoms with Crippen molar-refractivity contribution < 1.29 is 4.84 Å². The molecule has 2 atom stereocenters. The molecule has 0 aromatic heterocycles. The standard InChI is InChI=1S/C17H15Cl2N3O/c18-13-7-3-1-5-11(13)16-20-10-9-15-21-23-17(22(15)16)12-6-2-4-8-14(12)19/h1-8,16-17,20H,9-10H2/t16-,17+/m1/s1. The smallest absolute Gasteiger partial charge is 0.230 e. The number of benzene rings is 2. The Bertz CT molecular complexity index is 765. The molecular weight excluding hydrogens is 333 g/mol. The Morgan fingerprint density at radius 1 is 1.00 bits per heavy atom. The second-order valence-electron chi connectivity index (χ2n) is 5.52. The third-order valence-corrected chi connectivity index (χ3v) is 4.83. The van der Waals surface area contributed by atoms with E-state index in [1.165, 1.54) is 0 Å². The zero-order valence-corrected chi connectivity index (χ0v) is 13.8. The van der Waals surface area contributed by atoms with Crippen LogP contribution in [0, 0.1) is 0 Å². The molecule has 0 unspecified atom stereocenters. The van der Waals surface area contributed by atoms with Crippen molar-refractivity contribution in [3.63, 3.8) is 0 Å². The van der Waals surface area contributed by atoms with E-state index in [-0.39, 0.29) is 12.4 Å². The summed E-state index contributed by atoms with van der Waals surface area (Å²) >= 11 is 12.8. The van der Waals surface area contributed by atoms with E-state index in [0.29, 0.717) is 5.02 Å². The van der Waals surface area contributed by atoms with Crippen molar-refractivity contribution in [3.8, 4) is 0 Å². The maximum Gasteiger partial charge on any atom is 0.230 e. The number of fused-ring (bicyclic) bond motifs is 1. The lowest BCUT2D eigenvalue weighted by molar-refractivity contribution is -0.0168. The van der Waals surface area contributed by atoms with Gasteiger partial charge in [0, 0.05) is 34.1 Å². The molecule has 4 rings (SSSR count). The second kappa shape index (κ2) is 6.04. The molecule has 0 bridgehead atoms. The summed E-state index contributed by atoms with van der Waals surface area (Å²) < 4.78 is 0. The lowest BCUT2D eigenvalue weighted by Crippen LogP contribution is -2.47. The summed E-state index contributed by atoms with van der Waals surface area (Å²) in [6.45, 7) is 0.823. The van der Waals surface area contributed by atoms with E-state index in [9.17, 15) is 0 Å². The number of amidine groups is 1. The first-order valence-electron chi connectivity index (χ1n) is 7.49. The van der Waals surface area contributed by atoms with Crippen LogP contribution in [0.1, 0.15) is 29.9 Å². The molecule has 6 heteroatoms. The van der Waals surface area contributed by atoms with Crippen LogP contribution in [-0.2, 0) is 4.84 Å². The third-order valence-electron chi connectivity index (χ3n) is 4.14. The topological polar surface area (TPSA) is 36.9 Å². The van der Waals surface area contributed by atoms with Gasteiger partial charge in [0.1, 0.15) is 6.17 Å². The first kappa shape index (κ1) is 14.8. The van der Waals surface area contributed by atoms with E-state index in [4.69, 9.17) is 28.0 Å². The van der Waals surface area contributed by atoms with Crippen molar-refractivity contribution in [3.05, 3.63) is 69.7 Å². The van der Waals surface area contributed by atoms with Crippen LogP contribution in [0.5, 0.6) is 0 Å². The van der Waals surface area contributed by atoms with E-state index in [2.05, 4.69) is 15.4 Å². The Hall–Kier alpha value is -1.75. The van der Waals surface area contributed by atoms with E-state index in [0.717, 1.165) is 35.0 Å². The van der Waals surface area contributed by atoms with Crippen LogP contribution in [0.15, 0.2) is 53.7 Å². The van der Waals surface area contributed by atoms with Gasteiger partial charge in [-0.25, -0.2) is 0 Å². The van der Waals surface area contributed by atoms with Crippen LogP contribution in [0.2, 0.25) is 10.0 Å². The van der Waals surface area contributed by atoms with Crippen molar-refractivity contribution >= 4 is 29.0 Å². The molecule has 1 N–H and O–H groups in total. The van der Waals surface area contributed by atoms with Crippen molar-refractivity contribution in [2.45, 2.75) is 18.8 Å². The van der Waals surface area contributed by atoms with Gasteiger partial charge < -0.3 is 4.84 Å². The largest absolute Gasteiger partial charge is 0.364 e. The van der Waals surface area contributed by atoms with Gasteiger partial charge in [-0.05, 0) is 12.1 Å². The van der Waals surface area contributed by atoms with Crippen molar-refractivity contribution in [2.75, 3.05) is 6.54 Å². The molecule has 1 saturated heterocycles. The first-order chi connectivity index (χ1) is 11.3. The number of nitrogens with one attached hydrogen (secondary N) is 1. The molecule has 2 aromatic rings. The fraction of sp³-hybridized carbons (Fsp3) is 0.235. The van der Waals surface area contributed by atoms with Gasteiger partial charge in [-0.3, -0.25) is 10.2 Å². The molecule has 23 heavy (non-hydrogen) atoms. The van der Waals surface area contributed by atoms with Crippen LogP contribution in [-0.4, -0.2) is 17.3 Å². The van der Waals surface area contributed by atoms with Crippen molar-refractivity contribution in [1.82, 2.24) is 10.2 Å². The van der Waals surface area contributed by atoms with E-state index < -0.39 is 0 Å². The average molecular weight is 348 g/mol. The Kier molecular flexibility index (Phi) is 3.89. The van der Waals surface area contributed by atoms with Gasteiger partial charge in [-0.15, -0.1) is 0 Å². The molecule has 2 aliphatic rings. The van der Waals surface area contributed by atoms with E-state index in [1.54, 1.807) is 0 Å². The Morgan fingerprint density at radius 3 is 2.35 bits per heavy atom. The van der Waals surface area contributed by atoms with Crippen LogP contribution in [0.25, 0.3) is 0 Å². The molecule has 2 aliphatic heterocycles. The number of rotatable bonds is 2.